The molecule has 0 bridgehead atoms. The molecule has 0 saturated carbocycles. The number of rotatable bonds is 4. The monoisotopic (exact) mass is 504 g/mol. The van der Waals surface area contributed by atoms with E-state index < -0.39 is 0 Å². The molecular formula is C25H28N8O2S. The number of nitrogens with zero attached hydrogens (tertiary/aromatic N) is 7. The molecule has 0 radical (unpaired) electrons. The number of ether oxygens (including phenoxy) is 2. The van der Waals surface area contributed by atoms with Crippen molar-refractivity contribution in [1.29, 1.82) is 0 Å². The highest BCUT2D eigenvalue weighted by molar-refractivity contribution is 7.22. The Bertz CT molecular complexity index is 1350. The molecule has 2 saturated heterocycles. The summed E-state index contributed by atoms with van der Waals surface area (Å²) in [4.78, 5) is 28.5. The Morgan fingerprint density at radius 3 is 2.33 bits per heavy atom. The van der Waals surface area contributed by atoms with Crippen LogP contribution in [0.5, 0.6) is 0 Å². The molecule has 0 unspecified atom stereocenters. The lowest BCUT2D eigenvalue weighted by Gasteiger charge is -2.36. The first-order chi connectivity index (χ1) is 17.5. The van der Waals surface area contributed by atoms with Gasteiger partial charge in [0.2, 0.25) is 5.95 Å². The summed E-state index contributed by atoms with van der Waals surface area (Å²) in [6.45, 7) is 8.80. The minimum Gasteiger partial charge on any atom is -0.378 e. The summed E-state index contributed by atoms with van der Waals surface area (Å²) in [6, 6.07) is 6.34. The van der Waals surface area contributed by atoms with Gasteiger partial charge in [-0.2, -0.15) is 0 Å². The number of nitrogen functional groups attached to an aromatic ring is 1. The topological polar surface area (TPSA) is 115 Å². The van der Waals surface area contributed by atoms with Crippen molar-refractivity contribution in [2.45, 2.75) is 26.1 Å². The molecular weight excluding hydrogens is 476 g/mol. The zero-order valence-corrected chi connectivity index (χ0v) is 21.1. The molecule has 0 aliphatic carbocycles. The Hall–Kier alpha value is -3.41. The Morgan fingerprint density at radius 1 is 0.917 bits per heavy atom. The molecule has 0 amide bonds. The van der Waals surface area contributed by atoms with E-state index in [-0.39, 0.29) is 18.2 Å². The van der Waals surface area contributed by atoms with E-state index >= 15 is 0 Å². The third-order valence-corrected chi connectivity index (χ3v) is 7.54. The van der Waals surface area contributed by atoms with Crippen molar-refractivity contribution in [1.82, 2.24) is 24.9 Å². The van der Waals surface area contributed by atoms with Crippen LogP contribution in [0.1, 0.15) is 13.8 Å². The molecule has 6 rings (SSSR count). The fourth-order valence-corrected chi connectivity index (χ4v) is 5.82. The highest BCUT2D eigenvalue weighted by Gasteiger charge is 2.24. The summed E-state index contributed by atoms with van der Waals surface area (Å²) >= 11 is 1.69. The van der Waals surface area contributed by atoms with E-state index in [9.17, 15) is 0 Å². The first kappa shape index (κ1) is 23.0. The summed E-state index contributed by atoms with van der Waals surface area (Å²) < 4.78 is 12.5. The Labute approximate surface area is 213 Å². The molecule has 11 heteroatoms. The van der Waals surface area contributed by atoms with E-state index in [0.29, 0.717) is 19.0 Å². The van der Waals surface area contributed by atoms with Gasteiger partial charge in [0.25, 0.3) is 0 Å². The van der Waals surface area contributed by atoms with Gasteiger partial charge < -0.3 is 25.0 Å². The first-order valence-electron chi connectivity index (χ1n) is 12.1. The van der Waals surface area contributed by atoms with Crippen molar-refractivity contribution in [2.24, 2.45) is 0 Å². The molecule has 6 heterocycles. The number of thiophene rings is 1. The summed E-state index contributed by atoms with van der Waals surface area (Å²) in [5.74, 6) is 2.69. The van der Waals surface area contributed by atoms with Gasteiger partial charge in [0.15, 0.2) is 11.6 Å². The van der Waals surface area contributed by atoms with Crippen LogP contribution >= 0.6 is 11.3 Å². The largest absolute Gasteiger partial charge is 0.378 e. The molecule has 4 aromatic heterocycles. The first-order valence-corrected chi connectivity index (χ1v) is 12.9. The predicted molar refractivity (Wildman–Crippen MR) is 141 cm³/mol. The summed E-state index contributed by atoms with van der Waals surface area (Å²) in [7, 11) is 0. The maximum Gasteiger partial charge on any atom is 0.219 e. The van der Waals surface area contributed by atoms with Gasteiger partial charge in [-0.25, -0.2) is 24.9 Å². The van der Waals surface area contributed by atoms with Crippen LogP contribution < -0.4 is 15.5 Å². The molecule has 36 heavy (non-hydrogen) atoms. The van der Waals surface area contributed by atoms with E-state index in [1.54, 1.807) is 23.7 Å². The Kier molecular flexibility index (Phi) is 6.12. The zero-order valence-electron chi connectivity index (χ0n) is 20.3. The number of aromatic nitrogens is 5. The minimum absolute atomic E-state index is 0.190. The van der Waals surface area contributed by atoms with Crippen molar-refractivity contribution in [2.75, 3.05) is 54.9 Å². The molecule has 2 N–H and O–H groups in total. The third-order valence-electron chi connectivity index (χ3n) is 6.37. The molecule has 2 atom stereocenters. The van der Waals surface area contributed by atoms with E-state index in [1.165, 1.54) is 0 Å². The van der Waals surface area contributed by atoms with Crippen molar-refractivity contribution in [3.63, 3.8) is 0 Å². The highest BCUT2D eigenvalue weighted by Crippen LogP contribution is 2.39. The van der Waals surface area contributed by atoms with Gasteiger partial charge in [0, 0.05) is 55.2 Å². The van der Waals surface area contributed by atoms with Crippen molar-refractivity contribution >= 4 is 39.1 Å². The second kappa shape index (κ2) is 9.57. The molecule has 186 valence electrons. The van der Waals surface area contributed by atoms with Gasteiger partial charge in [-0.05, 0) is 32.0 Å². The lowest BCUT2D eigenvalue weighted by molar-refractivity contribution is -0.00545. The van der Waals surface area contributed by atoms with Crippen LogP contribution in [0.15, 0.2) is 36.8 Å². The fraction of sp³-hybridized carbons (Fsp3) is 0.400. The van der Waals surface area contributed by atoms with Gasteiger partial charge in [0.1, 0.15) is 5.82 Å². The molecule has 2 fully saturated rings. The number of pyridine rings is 1. The highest BCUT2D eigenvalue weighted by atomic mass is 32.1. The number of fused-ring (bicyclic) bond motifs is 1. The predicted octanol–water partition coefficient (Wildman–Crippen LogP) is 3.24. The van der Waals surface area contributed by atoms with Crippen LogP contribution in [0, 0.1) is 0 Å². The van der Waals surface area contributed by atoms with Gasteiger partial charge >= 0.3 is 0 Å². The quantitative estimate of drug-likeness (QED) is 0.444. The number of nitrogens with two attached hydrogens (primary N) is 1. The van der Waals surface area contributed by atoms with E-state index in [0.717, 1.165) is 64.0 Å². The van der Waals surface area contributed by atoms with Crippen LogP contribution in [-0.2, 0) is 9.47 Å². The normalized spacial score (nSPS) is 20.7. The van der Waals surface area contributed by atoms with E-state index in [1.807, 2.05) is 6.20 Å². The number of hydrogen-bond donors (Lipinski definition) is 1. The van der Waals surface area contributed by atoms with Crippen LogP contribution in [-0.4, -0.2) is 76.5 Å². The molecule has 2 aliphatic rings. The Balaban J connectivity index is 1.37. The number of morpholine rings is 2. The minimum atomic E-state index is 0.190. The lowest BCUT2D eigenvalue weighted by atomic mass is 10.2. The van der Waals surface area contributed by atoms with Gasteiger partial charge in [0.05, 0.1) is 41.2 Å². The Morgan fingerprint density at radius 2 is 1.64 bits per heavy atom. The average molecular weight is 505 g/mol. The second-order valence-electron chi connectivity index (χ2n) is 9.19. The molecule has 4 aromatic rings. The van der Waals surface area contributed by atoms with Gasteiger partial charge in [-0.3, -0.25) is 0 Å². The average Bonchev–Trinajstić information content (AvgIpc) is 3.33. The lowest BCUT2D eigenvalue weighted by Crippen LogP contribution is -2.45. The van der Waals surface area contributed by atoms with Crippen molar-refractivity contribution < 1.29 is 9.47 Å². The second-order valence-corrected chi connectivity index (χ2v) is 10.2. The molecule has 2 aliphatic heterocycles. The standard InChI is InChI=1S/C25H28N8O2S/c1-15-13-33(14-16(2)35-15)21-4-3-17(10-27-21)20-9-19-22(36-20)24(32-5-7-34-8-6-32)31-23(30-19)18-11-28-25(26)29-12-18/h3-4,9-12,15-16H,5-8,13-14H2,1-2H3,(H2,26,28,29)/t15-,16+. The van der Waals surface area contributed by atoms with Crippen LogP contribution in [0.2, 0.25) is 0 Å². The smallest absolute Gasteiger partial charge is 0.219 e. The zero-order chi connectivity index (χ0) is 24.6. The fourth-order valence-electron chi connectivity index (χ4n) is 4.71. The number of hydrogen-bond acceptors (Lipinski definition) is 11. The van der Waals surface area contributed by atoms with Crippen LogP contribution in [0.3, 0.4) is 0 Å². The summed E-state index contributed by atoms with van der Waals surface area (Å²) in [6.07, 6.45) is 5.65. The van der Waals surface area contributed by atoms with E-state index in [4.69, 9.17) is 30.2 Å². The molecule has 0 spiro atoms. The summed E-state index contributed by atoms with van der Waals surface area (Å²) in [5, 5.41) is 0. The SMILES string of the molecule is C[C@@H]1CN(c2ccc(-c3cc4nc(-c5cnc(N)nc5)nc(N5CCOCC5)c4s3)cn2)C[C@H](C)O1. The molecule has 0 aromatic carbocycles. The van der Waals surface area contributed by atoms with Crippen LogP contribution in [0.25, 0.3) is 32.0 Å². The third kappa shape index (κ3) is 4.57. The maximum absolute atomic E-state index is 5.87. The molecule has 10 nitrogen and oxygen atoms in total. The summed E-state index contributed by atoms with van der Waals surface area (Å²) in [5.41, 5.74) is 8.36. The van der Waals surface area contributed by atoms with Gasteiger partial charge in [-0.1, -0.05) is 0 Å². The number of anilines is 3. The van der Waals surface area contributed by atoms with Gasteiger partial charge in [-0.15, -0.1) is 11.3 Å². The van der Waals surface area contributed by atoms with Crippen molar-refractivity contribution in [3.8, 4) is 21.8 Å². The van der Waals surface area contributed by atoms with Crippen LogP contribution in [0.4, 0.5) is 17.6 Å². The van der Waals surface area contributed by atoms with E-state index in [2.05, 4.69) is 51.8 Å². The van der Waals surface area contributed by atoms with Crippen molar-refractivity contribution in [3.05, 3.63) is 36.8 Å². The maximum atomic E-state index is 5.87.